The van der Waals surface area contributed by atoms with Gasteiger partial charge in [-0.2, -0.15) is 0 Å². The maximum Gasteiger partial charge on any atom is 0.274 e. The summed E-state index contributed by atoms with van der Waals surface area (Å²) < 4.78 is 27.2. The first-order chi connectivity index (χ1) is 7.61. The number of rotatable bonds is 1. The lowest BCUT2D eigenvalue weighted by Gasteiger charge is -2.04. The van der Waals surface area contributed by atoms with E-state index in [0.717, 1.165) is 6.07 Å². The van der Waals surface area contributed by atoms with Crippen LogP contribution in [0.4, 0.5) is 8.78 Å². The van der Waals surface area contributed by atoms with Crippen molar-refractivity contribution in [3.63, 3.8) is 0 Å². The normalized spacial score (nSPS) is 10.4. The highest BCUT2D eigenvalue weighted by atomic mass is 79.9. The molecule has 1 aromatic carbocycles. The molecule has 82 valence electrons. The Morgan fingerprint density at radius 2 is 2.06 bits per heavy atom. The van der Waals surface area contributed by atoms with Gasteiger partial charge in [0.15, 0.2) is 0 Å². The van der Waals surface area contributed by atoms with Crippen molar-refractivity contribution in [2.45, 2.75) is 0 Å². The standard InChI is InChI=1S/C10H5BrF2N2O/c11-5-1-2-6(12)7(8(5)13)9-10(16)15-4-3-14-9/h1-4H,(H,15,16). The van der Waals surface area contributed by atoms with Crippen LogP contribution in [0.3, 0.4) is 0 Å². The van der Waals surface area contributed by atoms with Crippen LogP contribution in [-0.2, 0) is 0 Å². The van der Waals surface area contributed by atoms with Crippen molar-refractivity contribution in [3.05, 3.63) is 51.0 Å². The van der Waals surface area contributed by atoms with E-state index in [1.807, 2.05) is 0 Å². The molecule has 0 atom stereocenters. The molecular formula is C10H5BrF2N2O. The molecule has 0 spiro atoms. The molecule has 0 aliphatic carbocycles. The molecule has 0 saturated carbocycles. The van der Waals surface area contributed by atoms with E-state index in [1.54, 1.807) is 0 Å². The number of H-pyrrole nitrogens is 1. The second-order valence-electron chi connectivity index (χ2n) is 2.99. The first-order valence-electron chi connectivity index (χ1n) is 4.29. The Hall–Kier alpha value is -1.56. The van der Waals surface area contributed by atoms with Gasteiger partial charge in [-0.3, -0.25) is 4.79 Å². The fraction of sp³-hybridized carbons (Fsp3) is 0. The molecule has 0 saturated heterocycles. The van der Waals surface area contributed by atoms with Crippen molar-refractivity contribution in [2.24, 2.45) is 0 Å². The Morgan fingerprint density at radius 1 is 1.31 bits per heavy atom. The zero-order valence-electron chi connectivity index (χ0n) is 7.80. The molecule has 16 heavy (non-hydrogen) atoms. The minimum absolute atomic E-state index is 0.0777. The number of aromatic amines is 1. The average molecular weight is 287 g/mol. The second-order valence-corrected chi connectivity index (χ2v) is 3.84. The molecule has 0 aliphatic rings. The van der Waals surface area contributed by atoms with Gasteiger partial charge in [-0.25, -0.2) is 13.8 Å². The lowest BCUT2D eigenvalue weighted by atomic mass is 10.1. The third kappa shape index (κ3) is 1.76. The van der Waals surface area contributed by atoms with Crippen LogP contribution in [0.15, 0.2) is 33.8 Å². The first kappa shape index (κ1) is 10.9. The summed E-state index contributed by atoms with van der Waals surface area (Å²) in [5.41, 5.74) is -1.35. The minimum Gasteiger partial charge on any atom is -0.326 e. The highest BCUT2D eigenvalue weighted by Crippen LogP contribution is 2.27. The van der Waals surface area contributed by atoms with Crippen LogP contribution in [0.5, 0.6) is 0 Å². The van der Waals surface area contributed by atoms with Gasteiger partial charge in [-0.15, -0.1) is 0 Å². The third-order valence-electron chi connectivity index (χ3n) is 1.99. The van der Waals surface area contributed by atoms with Gasteiger partial charge >= 0.3 is 0 Å². The van der Waals surface area contributed by atoms with Crippen LogP contribution in [0.1, 0.15) is 0 Å². The van der Waals surface area contributed by atoms with Crippen LogP contribution in [0, 0.1) is 11.6 Å². The molecule has 0 bridgehead atoms. The number of benzene rings is 1. The van der Waals surface area contributed by atoms with E-state index >= 15 is 0 Å². The number of hydrogen-bond donors (Lipinski definition) is 1. The maximum absolute atomic E-state index is 13.6. The largest absolute Gasteiger partial charge is 0.326 e. The number of nitrogens with zero attached hydrogens (tertiary/aromatic N) is 1. The van der Waals surface area contributed by atoms with E-state index < -0.39 is 22.8 Å². The molecule has 2 rings (SSSR count). The van der Waals surface area contributed by atoms with Gasteiger partial charge in [-0.05, 0) is 28.1 Å². The van der Waals surface area contributed by atoms with E-state index in [4.69, 9.17) is 0 Å². The molecule has 0 radical (unpaired) electrons. The van der Waals surface area contributed by atoms with Crippen LogP contribution in [0.2, 0.25) is 0 Å². The van der Waals surface area contributed by atoms with E-state index in [1.165, 1.54) is 18.5 Å². The van der Waals surface area contributed by atoms with E-state index in [0.29, 0.717) is 0 Å². The van der Waals surface area contributed by atoms with Gasteiger partial charge in [0.25, 0.3) is 5.56 Å². The Balaban J connectivity index is 2.79. The zero-order valence-corrected chi connectivity index (χ0v) is 9.38. The molecule has 3 nitrogen and oxygen atoms in total. The topological polar surface area (TPSA) is 45.8 Å². The summed E-state index contributed by atoms with van der Waals surface area (Å²) in [5, 5.41) is 0. The Kier molecular flexibility index (Phi) is 2.82. The lowest BCUT2D eigenvalue weighted by molar-refractivity contribution is 0.584. The third-order valence-corrected chi connectivity index (χ3v) is 2.60. The van der Waals surface area contributed by atoms with Crippen molar-refractivity contribution in [3.8, 4) is 11.3 Å². The molecular weight excluding hydrogens is 282 g/mol. The molecule has 1 N–H and O–H groups in total. The van der Waals surface area contributed by atoms with Gasteiger partial charge in [0.05, 0.1) is 10.0 Å². The molecule has 0 amide bonds. The summed E-state index contributed by atoms with van der Waals surface area (Å²) in [6.45, 7) is 0. The number of nitrogens with one attached hydrogen (secondary N) is 1. The maximum atomic E-state index is 13.6. The highest BCUT2D eigenvalue weighted by molar-refractivity contribution is 9.10. The van der Waals surface area contributed by atoms with Crippen LogP contribution in [-0.4, -0.2) is 9.97 Å². The molecule has 0 unspecified atom stereocenters. The van der Waals surface area contributed by atoms with Gasteiger partial charge in [0, 0.05) is 12.4 Å². The summed E-state index contributed by atoms with van der Waals surface area (Å²) >= 11 is 2.92. The zero-order chi connectivity index (χ0) is 11.7. The van der Waals surface area contributed by atoms with Crippen LogP contribution >= 0.6 is 15.9 Å². The summed E-state index contributed by atoms with van der Waals surface area (Å²) in [6.07, 6.45) is 2.55. The van der Waals surface area contributed by atoms with Crippen molar-refractivity contribution in [2.75, 3.05) is 0 Å². The highest BCUT2D eigenvalue weighted by Gasteiger charge is 2.17. The van der Waals surface area contributed by atoms with E-state index in [2.05, 4.69) is 25.9 Å². The van der Waals surface area contributed by atoms with Gasteiger partial charge in [0.2, 0.25) is 0 Å². The lowest BCUT2D eigenvalue weighted by Crippen LogP contribution is -2.11. The first-order valence-corrected chi connectivity index (χ1v) is 5.08. The fourth-order valence-corrected chi connectivity index (χ4v) is 1.60. The minimum atomic E-state index is -0.843. The molecule has 0 aliphatic heterocycles. The predicted molar refractivity (Wildman–Crippen MR) is 57.9 cm³/mol. The van der Waals surface area contributed by atoms with Crippen LogP contribution < -0.4 is 5.56 Å². The fourth-order valence-electron chi connectivity index (χ4n) is 1.27. The Morgan fingerprint density at radius 3 is 2.75 bits per heavy atom. The summed E-state index contributed by atoms with van der Waals surface area (Å²) in [6, 6.07) is 2.29. The molecule has 1 heterocycles. The Bertz CT molecular complexity index is 598. The smallest absolute Gasteiger partial charge is 0.274 e. The quantitative estimate of drug-likeness (QED) is 0.819. The van der Waals surface area contributed by atoms with Crippen LogP contribution in [0.25, 0.3) is 11.3 Å². The van der Waals surface area contributed by atoms with E-state index in [-0.39, 0.29) is 10.2 Å². The average Bonchev–Trinajstić information content (AvgIpc) is 2.27. The molecule has 0 fully saturated rings. The van der Waals surface area contributed by atoms with Crippen molar-refractivity contribution in [1.29, 1.82) is 0 Å². The summed E-state index contributed by atoms with van der Waals surface area (Å²) in [4.78, 5) is 17.3. The van der Waals surface area contributed by atoms with Gasteiger partial charge < -0.3 is 4.98 Å². The SMILES string of the molecule is O=c1[nH]ccnc1-c1c(F)ccc(Br)c1F. The van der Waals surface area contributed by atoms with E-state index in [9.17, 15) is 13.6 Å². The molecule has 2 aromatic rings. The Labute approximate surface area is 97.3 Å². The van der Waals surface area contributed by atoms with Gasteiger partial charge in [-0.1, -0.05) is 0 Å². The number of hydrogen-bond acceptors (Lipinski definition) is 2. The number of aromatic nitrogens is 2. The van der Waals surface area contributed by atoms with Crippen molar-refractivity contribution >= 4 is 15.9 Å². The van der Waals surface area contributed by atoms with Gasteiger partial charge in [0.1, 0.15) is 17.3 Å². The summed E-state index contributed by atoms with van der Waals surface area (Å²) in [7, 11) is 0. The predicted octanol–water partition coefficient (Wildman–Crippen LogP) is 2.48. The molecule has 1 aromatic heterocycles. The monoisotopic (exact) mass is 286 g/mol. The van der Waals surface area contributed by atoms with Crippen molar-refractivity contribution < 1.29 is 8.78 Å². The molecule has 6 heteroatoms. The summed E-state index contributed by atoms with van der Waals surface area (Å²) in [5.74, 6) is -1.67. The van der Waals surface area contributed by atoms with Crippen molar-refractivity contribution in [1.82, 2.24) is 9.97 Å². The second kappa shape index (κ2) is 4.13. The number of halogens is 3.